The van der Waals surface area contributed by atoms with Crippen molar-refractivity contribution in [3.05, 3.63) is 35.4 Å². The Labute approximate surface area is 98.0 Å². The van der Waals surface area contributed by atoms with E-state index in [2.05, 4.69) is 49.9 Å². The van der Waals surface area contributed by atoms with E-state index in [-0.39, 0.29) is 0 Å². The Balaban J connectivity index is 2.86. The predicted molar refractivity (Wildman–Crippen MR) is 67.6 cm³/mol. The first-order chi connectivity index (χ1) is 7.22. The van der Waals surface area contributed by atoms with E-state index in [0.29, 0.717) is 11.9 Å². The minimum atomic E-state index is 0.349. The molecular weight excluding hydrogens is 206 g/mol. The van der Waals surface area contributed by atoms with Gasteiger partial charge >= 0.3 is 0 Å². The molecule has 1 atom stereocenters. The Kier molecular flexibility index (Phi) is 5.13. The number of benzene rings is 1. The summed E-state index contributed by atoms with van der Waals surface area (Å²) in [5.41, 5.74) is 2.62. The minimum Gasteiger partial charge on any atom is -0.296 e. The van der Waals surface area contributed by atoms with Crippen molar-refractivity contribution in [1.82, 2.24) is 4.90 Å². The summed E-state index contributed by atoms with van der Waals surface area (Å²) in [7, 11) is 0. The Morgan fingerprint density at radius 1 is 1.13 bits per heavy atom. The summed E-state index contributed by atoms with van der Waals surface area (Å²) >= 11 is 6.05. The van der Waals surface area contributed by atoms with Gasteiger partial charge in [-0.15, -0.1) is 11.6 Å². The van der Waals surface area contributed by atoms with Gasteiger partial charge < -0.3 is 0 Å². The first kappa shape index (κ1) is 12.5. The molecule has 0 bridgehead atoms. The molecule has 1 nitrogen and oxygen atoms in total. The van der Waals surface area contributed by atoms with Crippen molar-refractivity contribution >= 4 is 11.6 Å². The van der Waals surface area contributed by atoms with Gasteiger partial charge in [0.05, 0.1) is 0 Å². The molecule has 0 aliphatic carbocycles. The first-order valence-corrected chi connectivity index (χ1v) is 6.12. The van der Waals surface area contributed by atoms with E-state index in [1.54, 1.807) is 0 Å². The molecule has 15 heavy (non-hydrogen) atoms. The molecule has 0 N–H and O–H groups in total. The van der Waals surface area contributed by atoms with Crippen molar-refractivity contribution in [3.8, 4) is 0 Å². The second kappa shape index (κ2) is 6.14. The molecule has 0 saturated carbocycles. The van der Waals surface area contributed by atoms with Crippen LogP contribution in [0.15, 0.2) is 24.3 Å². The van der Waals surface area contributed by atoms with Crippen LogP contribution in [0.1, 0.15) is 31.0 Å². The highest BCUT2D eigenvalue weighted by molar-refractivity contribution is 6.18. The van der Waals surface area contributed by atoms with Gasteiger partial charge in [0.25, 0.3) is 0 Å². The lowest BCUT2D eigenvalue weighted by Gasteiger charge is -2.28. The van der Waals surface area contributed by atoms with Crippen LogP contribution in [0.25, 0.3) is 0 Å². The van der Waals surface area contributed by atoms with E-state index in [1.807, 2.05) is 0 Å². The summed E-state index contributed by atoms with van der Waals surface area (Å²) < 4.78 is 0. The highest BCUT2D eigenvalue weighted by Crippen LogP contribution is 2.22. The zero-order valence-corrected chi connectivity index (χ0v) is 10.6. The highest BCUT2D eigenvalue weighted by Gasteiger charge is 2.16. The number of aryl methyl sites for hydroxylation is 1. The zero-order valence-electron chi connectivity index (χ0n) is 9.83. The molecule has 1 rings (SSSR count). The van der Waals surface area contributed by atoms with Crippen molar-refractivity contribution in [1.29, 1.82) is 0 Å². The standard InChI is InChI=1S/C13H20ClN/c1-4-15(5-2)13(10-14)12-8-6-11(3)7-9-12/h6-9,13H,4-5,10H2,1-3H3. The second-order valence-electron chi connectivity index (χ2n) is 3.80. The zero-order chi connectivity index (χ0) is 11.3. The lowest BCUT2D eigenvalue weighted by Crippen LogP contribution is -2.29. The van der Waals surface area contributed by atoms with Crippen LogP contribution < -0.4 is 0 Å². The number of hydrogen-bond donors (Lipinski definition) is 0. The maximum Gasteiger partial charge on any atom is 0.0483 e. The van der Waals surface area contributed by atoms with Crippen molar-refractivity contribution < 1.29 is 0 Å². The molecule has 84 valence electrons. The SMILES string of the molecule is CCN(CC)C(CCl)c1ccc(C)cc1. The van der Waals surface area contributed by atoms with E-state index < -0.39 is 0 Å². The molecule has 0 saturated heterocycles. The molecular formula is C13H20ClN. The molecule has 0 amide bonds. The molecule has 0 spiro atoms. The highest BCUT2D eigenvalue weighted by atomic mass is 35.5. The normalized spacial score (nSPS) is 13.1. The van der Waals surface area contributed by atoms with Crippen molar-refractivity contribution in [3.63, 3.8) is 0 Å². The number of hydrogen-bond acceptors (Lipinski definition) is 1. The summed E-state index contributed by atoms with van der Waals surface area (Å²) in [6.45, 7) is 8.55. The molecule has 0 fully saturated rings. The lowest BCUT2D eigenvalue weighted by molar-refractivity contribution is 0.237. The van der Waals surface area contributed by atoms with Crippen LogP contribution in [0.3, 0.4) is 0 Å². The second-order valence-corrected chi connectivity index (χ2v) is 4.11. The molecule has 2 heteroatoms. The van der Waals surface area contributed by atoms with Crippen molar-refractivity contribution in [2.75, 3.05) is 19.0 Å². The Morgan fingerprint density at radius 2 is 1.67 bits per heavy atom. The summed E-state index contributed by atoms with van der Waals surface area (Å²) in [5.74, 6) is 0.657. The van der Waals surface area contributed by atoms with Gasteiger partial charge in [-0.2, -0.15) is 0 Å². The molecule has 0 heterocycles. The summed E-state index contributed by atoms with van der Waals surface area (Å²) in [6.07, 6.45) is 0. The molecule has 1 aromatic carbocycles. The molecule has 1 unspecified atom stereocenters. The van der Waals surface area contributed by atoms with Gasteiger partial charge in [-0.05, 0) is 25.6 Å². The average Bonchev–Trinajstić information content (AvgIpc) is 2.27. The third-order valence-electron chi connectivity index (χ3n) is 2.86. The average molecular weight is 226 g/mol. The van der Waals surface area contributed by atoms with Crippen LogP contribution in [0.2, 0.25) is 0 Å². The third kappa shape index (κ3) is 3.22. The number of nitrogens with zero attached hydrogens (tertiary/aromatic N) is 1. The van der Waals surface area contributed by atoms with E-state index >= 15 is 0 Å². The van der Waals surface area contributed by atoms with Gasteiger partial charge in [0.15, 0.2) is 0 Å². The summed E-state index contributed by atoms with van der Waals surface area (Å²) in [6, 6.07) is 9.01. The molecule has 0 aromatic heterocycles. The van der Waals surface area contributed by atoms with E-state index in [1.165, 1.54) is 11.1 Å². The summed E-state index contributed by atoms with van der Waals surface area (Å²) in [5, 5.41) is 0. The van der Waals surface area contributed by atoms with Crippen LogP contribution in [0.4, 0.5) is 0 Å². The maximum absolute atomic E-state index is 6.05. The van der Waals surface area contributed by atoms with Gasteiger partial charge in [0.2, 0.25) is 0 Å². The van der Waals surface area contributed by atoms with Crippen LogP contribution in [0, 0.1) is 6.92 Å². The van der Waals surface area contributed by atoms with Gasteiger partial charge in [0.1, 0.15) is 0 Å². The largest absolute Gasteiger partial charge is 0.296 e. The molecule has 0 aliphatic heterocycles. The van der Waals surface area contributed by atoms with E-state index in [4.69, 9.17) is 11.6 Å². The lowest BCUT2D eigenvalue weighted by atomic mass is 10.1. The van der Waals surface area contributed by atoms with E-state index in [9.17, 15) is 0 Å². The van der Waals surface area contributed by atoms with E-state index in [0.717, 1.165) is 13.1 Å². The third-order valence-corrected chi connectivity index (χ3v) is 3.15. The fourth-order valence-electron chi connectivity index (χ4n) is 1.85. The monoisotopic (exact) mass is 225 g/mol. The summed E-state index contributed by atoms with van der Waals surface area (Å²) in [4.78, 5) is 2.39. The van der Waals surface area contributed by atoms with Crippen molar-refractivity contribution in [2.24, 2.45) is 0 Å². The maximum atomic E-state index is 6.05. The molecule has 0 radical (unpaired) electrons. The Morgan fingerprint density at radius 3 is 2.07 bits per heavy atom. The first-order valence-electron chi connectivity index (χ1n) is 5.59. The number of rotatable bonds is 5. The Bertz CT molecular complexity index is 277. The van der Waals surface area contributed by atoms with Gasteiger partial charge in [0, 0.05) is 11.9 Å². The quantitative estimate of drug-likeness (QED) is 0.692. The fraction of sp³-hybridized carbons (Fsp3) is 0.538. The minimum absolute atomic E-state index is 0.349. The molecule has 0 aliphatic rings. The fourth-order valence-corrected chi connectivity index (χ4v) is 2.22. The van der Waals surface area contributed by atoms with Gasteiger partial charge in [-0.25, -0.2) is 0 Å². The van der Waals surface area contributed by atoms with Crippen molar-refractivity contribution in [2.45, 2.75) is 26.8 Å². The number of halogens is 1. The predicted octanol–water partition coefficient (Wildman–Crippen LogP) is 3.62. The molecule has 1 aromatic rings. The van der Waals surface area contributed by atoms with Crippen LogP contribution in [-0.2, 0) is 0 Å². The smallest absolute Gasteiger partial charge is 0.0483 e. The van der Waals surface area contributed by atoms with Crippen LogP contribution >= 0.6 is 11.6 Å². The van der Waals surface area contributed by atoms with Gasteiger partial charge in [-0.3, -0.25) is 4.90 Å². The van der Waals surface area contributed by atoms with Gasteiger partial charge in [-0.1, -0.05) is 43.7 Å². The van der Waals surface area contributed by atoms with Crippen LogP contribution in [-0.4, -0.2) is 23.9 Å². The topological polar surface area (TPSA) is 3.24 Å². The van der Waals surface area contributed by atoms with Crippen LogP contribution in [0.5, 0.6) is 0 Å². The number of alkyl halides is 1. The Hall–Kier alpha value is -0.530.